The molecule has 0 aliphatic carbocycles. The highest BCUT2D eigenvalue weighted by Crippen LogP contribution is 2.35. The van der Waals surface area contributed by atoms with Gasteiger partial charge in [-0.25, -0.2) is 0 Å². The third kappa shape index (κ3) is 2.39. The van der Waals surface area contributed by atoms with Crippen LogP contribution in [0.25, 0.3) is 10.1 Å². The van der Waals surface area contributed by atoms with Crippen molar-refractivity contribution >= 4 is 61.8 Å². The Labute approximate surface area is 121 Å². The molecule has 96 valence electrons. The number of halogens is 1. The van der Waals surface area contributed by atoms with Gasteiger partial charge in [-0.1, -0.05) is 41.6 Å². The molecule has 1 fully saturated rings. The summed E-state index contributed by atoms with van der Waals surface area (Å²) in [6.07, 6.45) is 0. The number of benzene rings is 1. The Kier molecular flexibility index (Phi) is 3.30. The lowest BCUT2D eigenvalue weighted by atomic mass is 10.2. The predicted molar refractivity (Wildman–Crippen MR) is 79.2 cm³/mol. The zero-order valence-corrected chi connectivity index (χ0v) is 11.9. The van der Waals surface area contributed by atoms with Crippen LogP contribution in [0, 0.1) is 0 Å². The molecule has 2 amide bonds. The van der Waals surface area contributed by atoms with Gasteiger partial charge >= 0.3 is 0 Å². The van der Waals surface area contributed by atoms with Crippen molar-refractivity contribution in [1.29, 1.82) is 0 Å². The number of nitrogens with zero attached hydrogens (tertiary/aromatic N) is 1. The van der Waals surface area contributed by atoms with Crippen LogP contribution in [0.1, 0.15) is 9.67 Å². The van der Waals surface area contributed by atoms with Gasteiger partial charge in [0, 0.05) is 10.1 Å². The van der Waals surface area contributed by atoms with E-state index in [2.05, 4.69) is 10.3 Å². The molecule has 1 aliphatic rings. The maximum Gasteiger partial charge on any atom is 0.291 e. The van der Waals surface area contributed by atoms with Crippen molar-refractivity contribution in [2.75, 3.05) is 5.75 Å². The molecule has 3 rings (SSSR count). The average molecular weight is 311 g/mol. The smallest absolute Gasteiger partial charge is 0.291 e. The molecule has 0 bridgehead atoms. The summed E-state index contributed by atoms with van der Waals surface area (Å²) in [7, 11) is 0. The second kappa shape index (κ2) is 4.96. The van der Waals surface area contributed by atoms with Gasteiger partial charge in [0.25, 0.3) is 5.91 Å². The molecule has 4 nitrogen and oxygen atoms in total. The lowest BCUT2D eigenvalue weighted by Crippen LogP contribution is -2.21. The number of nitrogens with one attached hydrogen (secondary N) is 1. The summed E-state index contributed by atoms with van der Waals surface area (Å²) in [6, 6.07) is 7.53. The van der Waals surface area contributed by atoms with Gasteiger partial charge in [0.15, 0.2) is 5.17 Å². The molecule has 1 N–H and O–H groups in total. The van der Waals surface area contributed by atoms with Gasteiger partial charge in [0.1, 0.15) is 4.88 Å². The van der Waals surface area contributed by atoms with Crippen molar-refractivity contribution in [2.24, 2.45) is 4.99 Å². The first kappa shape index (κ1) is 12.7. The molecule has 0 radical (unpaired) electrons. The molecule has 2 aromatic rings. The number of thiophene rings is 1. The van der Waals surface area contributed by atoms with E-state index in [1.807, 2.05) is 24.3 Å². The van der Waals surface area contributed by atoms with Gasteiger partial charge < -0.3 is 5.32 Å². The van der Waals surface area contributed by atoms with Crippen LogP contribution in [0.15, 0.2) is 29.3 Å². The number of thioether (sulfide) groups is 1. The fourth-order valence-corrected chi connectivity index (χ4v) is 3.75. The van der Waals surface area contributed by atoms with Crippen molar-refractivity contribution in [1.82, 2.24) is 5.32 Å². The van der Waals surface area contributed by atoms with Gasteiger partial charge in [-0.3, -0.25) is 9.59 Å². The number of fused-ring (bicyclic) bond motifs is 1. The van der Waals surface area contributed by atoms with Gasteiger partial charge in [-0.05, 0) is 6.07 Å². The molecule has 2 heterocycles. The van der Waals surface area contributed by atoms with Crippen molar-refractivity contribution in [3.8, 4) is 0 Å². The number of amides is 2. The SMILES string of the molecule is O=C1CSC(=NC(=O)c2sc3ccccc3c2Cl)N1. The fraction of sp³-hybridized carbons (Fsp3) is 0.0833. The Morgan fingerprint density at radius 3 is 2.84 bits per heavy atom. The van der Waals surface area contributed by atoms with Crippen LogP contribution in [0.4, 0.5) is 0 Å². The van der Waals surface area contributed by atoms with Gasteiger partial charge in [-0.15, -0.1) is 11.3 Å². The van der Waals surface area contributed by atoms with Crippen LogP contribution >= 0.6 is 34.7 Å². The Hall–Kier alpha value is -1.37. The molecule has 0 spiro atoms. The lowest BCUT2D eigenvalue weighted by molar-refractivity contribution is -0.116. The summed E-state index contributed by atoms with van der Waals surface area (Å²) in [5.74, 6) is -0.262. The molecular formula is C12H7ClN2O2S2. The third-order valence-electron chi connectivity index (χ3n) is 2.52. The minimum Gasteiger partial charge on any atom is -0.304 e. The second-order valence-electron chi connectivity index (χ2n) is 3.80. The minimum absolute atomic E-state index is 0.140. The van der Waals surface area contributed by atoms with Crippen LogP contribution < -0.4 is 5.32 Å². The van der Waals surface area contributed by atoms with Crippen LogP contribution in [0.2, 0.25) is 5.02 Å². The van der Waals surface area contributed by atoms with Gasteiger partial charge in [0.2, 0.25) is 5.91 Å². The van der Waals surface area contributed by atoms with Gasteiger partial charge in [0.05, 0.1) is 10.8 Å². The lowest BCUT2D eigenvalue weighted by Gasteiger charge is -1.94. The van der Waals surface area contributed by atoms with E-state index in [1.165, 1.54) is 23.1 Å². The normalized spacial score (nSPS) is 17.1. The average Bonchev–Trinajstić information content (AvgIpc) is 2.94. The molecule has 1 aromatic carbocycles. The Balaban J connectivity index is 1.98. The second-order valence-corrected chi connectivity index (χ2v) is 6.19. The fourth-order valence-electron chi connectivity index (χ4n) is 1.68. The number of hydrogen-bond acceptors (Lipinski definition) is 4. The Morgan fingerprint density at radius 2 is 2.16 bits per heavy atom. The first-order valence-corrected chi connectivity index (χ1v) is 7.56. The third-order valence-corrected chi connectivity index (χ3v) is 5.06. The van der Waals surface area contributed by atoms with E-state index >= 15 is 0 Å². The molecule has 1 saturated heterocycles. The molecule has 19 heavy (non-hydrogen) atoms. The molecule has 0 unspecified atom stereocenters. The van der Waals surface area contributed by atoms with E-state index in [4.69, 9.17) is 11.6 Å². The zero-order valence-electron chi connectivity index (χ0n) is 9.47. The maximum absolute atomic E-state index is 12.1. The van der Waals surface area contributed by atoms with Crippen molar-refractivity contribution in [3.05, 3.63) is 34.2 Å². The van der Waals surface area contributed by atoms with E-state index in [1.54, 1.807) is 0 Å². The molecule has 0 atom stereocenters. The first-order chi connectivity index (χ1) is 9.15. The van der Waals surface area contributed by atoms with E-state index in [9.17, 15) is 9.59 Å². The first-order valence-electron chi connectivity index (χ1n) is 5.38. The van der Waals surface area contributed by atoms with E-state index < -0.39 is 5.91 Å². The number of rotatable bonds is 1. The molecule has 0 saturated carbocycles. The predicted octanol–water partition coefficient (Wildman–Crippen LogP) is 2.91. The van der Waals surface area contributed by atoms with Crippen molar-refractivity contribution in [3.63, 3.8) is 0 Å². The topological polar surface area (TPSA) is 58.5 Å². The highest BCUT2D eigenvalue weighted by atomic mass is 35.5. The van der Waals surface area contributed by atoms with Crippen LogP contribution in [-0.4, -0.2) is 22.7 Å². The van der Waals surface area contributed by atoms with Crippen LogP contribution in [0.5, 0.6) is 0 Å². The van der Waals surface area contributed by atoms with Gasteiger partial charge in [-0.2, -0.15) is 4.99 Å². The summed E-state index contributed by atoms with van der Waals surface area (Å²) in [6.45, 7) is 0. The quantitative estimate of drug-likeness (QED) is 0.881. The Morgan fingerprint density at radius 1 is 1.37 bits per heavy atom. The summed E-state index contributed by atoms with van der Waals surface area (Å²) >= 11 is 8.71. The number of carbonyl (C=O) groups excluding carboxylic acids is 2. The maximum atomic E-state index is 12.1. The standard InChI is InChI=1S/C12H7ClN2O2S2/c13-9-6-3-1-2-4-7(6)19-10(9)11(17)15-12-14-8(16)5-18-12/h1-4H,5H2,(H,14,15,16,17). The van der Waals surface area contributed by atoms with Crippen LogP contribution in [-0.2, 0) is 4.79 Å². The largest absolute Gasteiger partial charge is 0.304 e. The van der Waals surface area contributed by atoms with Crippen molar-refractivity contribution < 1.29 is 9.59 Å². The van der Waals surface area contributed by atoms with Crippen LogP contribution in [0.3, 0.4) is 0 Å². The van der Waals surface area contributed by atoms with Crippen molar-refractivity contribution in [2.45, 2.75) is 0 Å². The molecule has 1 aliphatic heterocycles. The monoisotopic (exact) mass is 310 g/mol. The highest BCUT2D eigenvalue weighted by molar-refractivity contribution is 8.15. The Bertz CT molecular complexity index is 724. The minimum atomic E-state index is -0.420. The zero-order chi connectivity index (χ0) is 13.4. The number of aliphatic imine (C=N–C) groups is 1. The number of hydrogen-bond donors (Lipinski definition) is 1. The number of carbonyl (C=O) groups is 2. The summed E-state index contributed by atoms with van der Waals surface area (Å²) < 4.78 is 0.944. The molecule has 1 aromatic heterocycles. The van der Waals surface area contributed by atoms with E-state index in [0.717, 1.165) is 10.1 Å². The van der Waals surface area contributed by atoms with E-state index in [0.29, 0.717) is 20.8 Å². The number of amidine groups is 1. The van der Waals surface area contributed by atoms with E-state index in [-0.39, 0.29) is 5.91 Å². The summed E-state index contributed by atoms with van der Waals surface area (Å²) in [4.78, 5) is 27.4. The summed E-state index contributed by atoms with van der Waals surface area (Å²) in [5.41, 5.74) is 0. The summed E-state index contributed by atoms with van der Waals surface area (Å²) in [5, 5.41) is 4.13. The highest BCUT2D eigenvalue weighted by Gasteiger charge is 2.21. The molecule has 7 heteroatoms. The molecular weight excluding hydrogens is 304 g/mol.